The molecular weight excluding hydrogens is 226 g/mol. The summed E-state index contributed by atoms with van der Waals surface area (Å²) in [6, 6.07) is 0. The molecule has 2 aromatic heterocycles. The van der Waals surface area contributed by atoms with E-state index in [1.807, 2.05) is 0 Å². The highest BCUT2D eigenvalue weighted by atomic mass is 32.1. The highest BCUT2D eigenvalue weighted by molar-refractivity contribution is 7.20. The summed E-state index contributed by atoms with van der Waals surface area (Å²) in [7, 11) is 0. The van der Waals surface area contributed by atoms with E-state index in [1.165, 1.54) is 17.7 Å². The minimum atomic E-state index is -0.0965. The summed E-state index contributed by atoms with van der Waals surface area (Å²) in [5.41, 5.74) is 3.46. The van der Waals surface area contributed by atoms with Gasteiger partial charge in [-0.15, -0.1) is 11.3 Å². The Kier molecular flexibility index (Phi) is 2.01. The van der Waals surface area contributed by atoms with Gasteiger partial charge in [0.1, 0.15) is 4.83 Å². The molecule has 2 aromatic rings. The van der Waals surface area contributed by atoms with Crippen molar-refractivity contribution in [3.05, 3.63) is 27.1 Å². The fourth-order valence-electron chi connectivity index (χ4n) is 1.89. The summed E-state index contributed by atoms with van der Waals surface area (Å²) < 4.78 is 0. The summed E-state index contributed by atoms with van der Waals surface area (Å²) in [5.74, 6) is 6.04. The lowest BCUT2D eigenvalue weighted by Crippen LogP contribution is -2.33. The average molecular weight is 235 g/mol. The Morgan fingerprint density at radius 1 is 1.56 bits per heavy atom. The van der Waals surface area contributed by atoms with Crippen molar-refractivity contribution in [2.24, 2.45) is 10.8 Å². The fourth-order valence-corrected chi connectivity index (χ4v) is 3.06. The second kappa shape index (κ2) is 3.39. The van der Waals surface area contributed by atoms with Gasteiger partial charge in [0.05, 0.1) is 16.6 Å². The van der Waals surface area contributed by atoms with Crippen molar-refractivity contribution in [3.63, 3.8) is 0 Å². The number of aromatic nitrogens is 2. The lowest BCUT2D eigenvalue weighted by Gasteiger charge is -2.11. The molecule has 0 fully saturated rings. The molecule has 7 heteroatoms. The topological polar surface area (TPSA) is 96.2 Å². The molecule has 4 N–H and O–H groups in total. The SMILES string of the molecule is NNC1=NCCc2c1sc1nc[nH]c(=O)c21. The first kappa shape index (κ1) is 9.49. The first-order valence-electron chi connectivity index (χ1n) is 4.81. The lowest BCUT2D eigenvalue weighted by molar-refractivity contribution is 0.912. The van der Waals surface area contributed by atoms with Gasteiger partial charge in [0.15, 0.2) is 5.84 Å². The number of rotatable bonds is 0. The molecule has 0 radical (unpaired) electrons. The highest BCUT2D eigenvalue weighted by Gasteiger charge is 2.21. The molecule has 1 aliphatic rings. The molecule has 0 bridgehead atoms. The Balaban J connectivity index is 2.40. The van der Waals surface area contributed by atoms with Crippen molar-refractivity contribution in [3.8, 4) is 0 Å². The van der Waals surface area contributed by atoms with Gasteiger partial charge in [-0.05, 0) is 12.0 Å². The third kappa shape index (κ3) is 1.18. The Hall–Kier alpha value is -1.73. The molecule has 82 valence electrons. The number of thiophene rings is 1. The van der Waals surface area contributed by atoms with Gasteiger partial charge in [0, 0.05) is 6.54 Å². The smallest absolute Gasteiger partial charge is 0.259 e. The number of hydrogen-bond acceptors (Lipinski definition) is 6. The quantitative estimate of drug-likeness (QED) is 0.433. The number of hydrazine groups is 1. The summed E-state index contributed by atoms with van der Waals surface area (Å²) in [6.07, 6.45) is 2.18. The zero-order chi connectivity index (χ0) is 11.1. The molecule has 0 aromatic carbocycles. The molecule has 0 atom stereocenters. The molecular formula is C9H9N5OS. The minimum Gasteiger partial charge on any atom is -0.313 e. The Morgan fingerprint density at radius 2 is 2.44 bits per heavy atom. The van der Waals surface area contributed by atoms with E-state index in [9.17, 15) is 4.79 Å². The van der Waals surface area contributed by atoms with Gasteiger partial charge >= 0.3 is 0 Å². The summed E-state index contributed by atoms with van der Waals surface area (Å²) in [6.45, 7) is 0.646. The lowest BCUT2D eigenvalue weighted by atomic mass is 10.1. The Morgan fingerprint density at radius 3 is 3.25 bits per heavy atom. The predicted octanol–water partition coefficient (Wildman–Crippen LogP) is -0.249. The van der Waals surface area contributed by atoms with E-state index in [0.717, 1.165) is 21.7 Å². The van der Waals surface area contributed by atoms with Crippen LogP contribution in [-0.2, 0) is 6.42 Å². The van der Waals surface area contributed by atoms with E-state index in [-0.39, 0.29) is 5.56 Å². The molecule has 3 rings (SSSR count). The van der Waals surface area contributed by atoms with Gasteiger partial charge in [0.25, 0.3) is 5.56 Å². The zero-order valence-corrected chi connectivity index (χ0v) is 9.10. The van der Waals surface area contributed by atoms with Crippen molar-refractivity contribution in [1.29, 1.82) is 0 Å². The minimum absolute atomic E-state index is 0.0965. The van der Waals surface area contributed by atoms with E-state index in [2.05, 4.69) is 20.4 Å². The molecule has 16 heavy (non-hydrogen) atoms. The zero-order valence-electron chi connectivity index (χ0n) is 8.28. The fraction of sp³-hybridized carbons (Fsp3) is 0.222. The molecule has 0 aliphatic carbocycles. The summed E-state index contributed by atoms with van der Waals surface area (Å²) in [4.78, 5) is 24.4. The maximum Gasteiger partial charge on any atom is 0.259 e. The van der Waals surface area contributed by atoms with E-state index in [1.54, 1.807) is 0 Å². The van der Waals surface area contributed by atoms with E-state index in [0.29, 0.717) is 17.8 Å². The van der Waals surface area contributed by atoms with Crippen molar-refractivity contribution in [2.75, 3.05) is 6.54 Å². The van der Waals surface area contributed by atoms with Crippen LogP contribution in [-0.4, -0.2) is 22.3 Å². The van der Waals surface area contributed by atoms with Gasteiger partial charge in [-0.25, -0.2) is 10.8 Å². The van der Waals surface area contributed by atoms with Gasteiger partial charge in [-0.1, -0.05) is 0 Å². The van der Waals surface area contributed by atoms with Gasteiger partial charge in [-0.3, -0.25) is 9.79 Å². The van der Waals surface area contributed by atoms with Crippen molar-refractivity contribution in [1.82, 2.24) is 15.4 Å². The Bertz CT molecular complexity index is 641. The van der Waals surface area contributed by atoms with Crippen LogP contribution in [0.3, 0.4) is 0 Å². The van der Waals surface area contributed by atoms with Gasteiger partial charge in [-0.2, -0.15) is 0 Å². The standard InChI is InChI=1S/C9H9N5OS/c10-14-7-6-4(1-2-11-7)5-8(15)12-3-13-9(5)16-6/h3H,1-2,10H2,(H,11,14)(H,12,13,15). The van der Waals surface area contributed by atoms with Crippen LogP contribution in [0.5, 0.6) is 0 Å². The number of nitrogens with zero attached hydrogens (tertiary/aromatic N) is 2. The Labute approximate surface area is 94.2 Å². The molecule has 0 saturated heterocycles. The van der Waals surface area contributed by atoms with Crippen LogP contribution in [0.1, 0.15) is 10.4 Å². The summed E-state index contributed by atoms with van der Waals surface area (Å²) >= 11 is 1.44. The molecule has 0 amide bonds. The van der Waals surface area contributed by atoms with Crippen LogP contribution in [0.25, 0.3) is 10.2 Å². The monoisotopic (exact) mass is 235 g/mol. The van der Waals surface area contributed by atoms with E-state index >= 15 is 0 Å². The van der Waals surface area contributed by atoms with Crippen LogP contribution in [0.15, 0.2) is 16.1 Å². The van der Waals surface area contributed by atoms with Crippen LogP contribution < -0.4 is 16.8 Å². The summed E-state index contributed by atoms with van der Waals surface area (Å²) in [5, 5.41) is 0.671. The van der Waals surface area contributed by atoms with Gasteiger partial charge in [0.2, 0.25) is 0 Å². The average Bonchev–Trinajstić information content (AvgIpc) is 2.68. The molecule has 1 aliphatic heterocycles. The van der Waals surface area contributed by atoms with Crippen molar-refractivity contribution in [2.45, 2.75) is 6.42 Å². The number of nitrogens with two attached hydrogens (primary N) is 1. The van der Waals surface area contributed by atoms with E-state index in [4.69, 9.17) is 5.84 Å². The molecule has 0 spiro atoms. The van der Waals surface area contributed by atoms with Crippen molar-refractivity contribution >= 4 is 27.4 Å². The maximum atomic E-state index is 11.7. The molecule has 0 unspecified atom stereocenters. The number of aromatic amines is 1. The second-order valence-corrected chi connectivity index (χ2v) is 4.45. The third-order valence-corrected chi connectivity index (χ3v) is 3.72. The van der Waals surface area contributed by atoms with Crippen molar-refractivity contribution < 1.29 is 0 Å². The van der Waals surface area contributed by atoms with Gasteiger partial charge < -0.3 is 10.4 Å². The predicted molar refractivity (Wildman–Crippen MR) is 62.7 cm³/mol. The first-order valence-corrected chi connectivity index (χ1v) is 5.63. The number of amidine groups is 1. The number of fused-ring (bicyclic) bond motifs is 3. The number of aliphatic imine (C=N–C) groups is 1. The molecule has 6 nitrogen and oxygen atoms in total. The second-order valence-electron chi connectivity index (χ2n) is 3.45. The largest absolute Gasteiger partial charge is 0.313 e. The maximum absolute atomic E-state index is 11.7. The number of nitrogens with one attached hydrogen (secondary N) is 2. The molecule has 0 saturated carbocycles. The normalized spacial score (nSPS) is 14.7. The number of hydrogen-bond donors (Lipinski definition) is 3. The third-order valence-electron chi connectivity index (χ3n) is 2.58. The highest BCUT2D eigenvalue weighted by Crippen LogP contribution is 2.29. The van der Waals surface area contributed by atoms with Crippen LogP contribution >= 0.6 is 11.3 Å². The number of H-pyrrole nitrogens is 1. The molecule has 3 heterocycles. The van der Waals surface area contributed by atoms with E-state index < -0.39 is 0 Å². The van der Waals surface area contributed by atoms with Crippen LogP contribution in [0, 0.1) is 0 Å². The van der Waals surface area contributed by atoms with Crippen LogP contribution in [0.4, 0.5) is 0 Å². The van der Waals surface area contributed by atoms with Crippen LogP contribution in [0.2, 0.25) is 0 Å². The first-order chi connectivity index (χ1) is 7.81.